The van der Waals surface area contributed by atoms with E-state index in [0.717, 1.165) is 22.1 Å². The number of hydrogen-bond acceptors (Lipinski definition) is 3. The molecule has 29 heavy (non-hydrogen) atoms. The third-order valence-electron chi connectivity index (χ3n) is 4.99. The maximum atomic E-state index is 11.2. The highest BCUT2D eigenvalue weighted by Crippen LogP contribution is 2.38. The van der Waals surface area contributed by atoms with E-state index < -0.39 is 7.82 Å². The lowest BCUT2D eigenvalue weighted by molar-refractivity contribution is -0.936. The van der Waals surface area contributed by atoms with E-state index in [9.17, 15) is 4.57 Å². The minimum Gasteiger partial charge on any atom is -0.493 e. The van der Waals surface area contributed by atoms with Crippen molar-refractivity contribution >= 4 is 18.6 Å². The molecule has 0 fully saturated rings. The van der Waals surface area contributed by atoms with Crippen molar-refractivity contribution in [3.05, 3.63) is 78.4 Å². The second-order valence-corrected chi connectivity index (χ2v) is 8.81. The zero-order valence-corrected chi connectivity index (χ0v) is 17.5. The van der Waals surface area contributed by atoms with Gasteiger partial charge in [-0.1, -0.05) is 66.7 Å². The molecule has 0 aliphatic rings. The zero-order valence-electron chi connectivity index (χ0n) is 16.6. The molecule has 0 bridgehead atoms. The molecule has 0 radical (unpaired) electrons. The normalized spacial score (nSPS) is 13.4. The first-order valence-electron chi connectivity index (χ1n) is 9.44. The fourth-order valence-electron chi connectivity index (χ4n) is 3.51. The van der Waals surface area contributed by atoms with Crippen LogP contribution in [0.15, 0.2) is 72.8 Å². The van der Waals surface area contributed by atoms with Crippen LogP contribution < -0.4 is 4.74 Å². The summed E-state index contributed by atoms with van der Waals surface area (Å²) in [5.41, 5.74) is 1.06. The highest BCUT2D eigenvalue weighted by Gasteiger charge is 2.32. The van der Waals surface area contributed by atoms with E-state index in [1.807, 2.05) is 86.9 Å². The van der Waals surface area contributed by atoms with E-state index in [1.54, 1.807) is 0 Å². The molecule has 7 heteroatoms. The van der Waals surface area contributed by atoms with E-state index in [-0.39, 0.29) is 17.3 Å². The molecule has 154 valence electrons. The quantitative estimate of drug-likeness (QED) is 0.305. The number of benzene rings is 3. The van der Waals surface area contributed by atoms with Crippen LogP contribution in [0.3, 0.4) is 0 Å². The van der Waals surface area contributed by atoms with Gasteiger partial charge in [-0.3, -0.25) is 4.48 Å². The molecule has 0 saturated carbocycles. The minimum atomic E-state index is -4.54. The Morgan fingerprint density at radius 1 is 0.931 bits per heavy atom. The number of ether oxygens (including phenoxy) is 1. The van der Waals surface area contributed by atoms with Crippen LogP contribution in [0.25, 0.3) is 10.8 Å². The number of nitrogens with zero attached hydrogens (tertiary/aromatic N) is 1. The standard InChI is InChI=1S/C22H26NO5P/c1-23(2,17-28-29(24,25)26)21(19-10-4-3-5-11-19)15-16-27-22-14-8-12-18-9-6-7-13-20(18)22/h3-14,21H,15-17H2,1-2H3,(H-,24,25,26)/p+1. The van der Waals surface area contributed by atoms with E-state index in [4.69, 9.17) is 19.0 Å². The van der Waals surface area contributed by atoms with Crippen molar-refractivity contribution in [1.29, 1.82) is 0 Å². The summed E-state index contributed by atoms with van der Waals surface area (Å²) in [6.07, 6.45) is 0.657. The number of rotatable bonds is 9. The molecule has 1 unspecified atom stereocenters. The first-order valence-corrected chi connectivity index (χ1v) is 11.0. The molecule has 0 aliphatic heterocycles. The molecule has 0 heterocycles. The van der Waals surface area contributed by atoms with Crippen molar-refractivity contribution in [2.24, 2.45) is 0 Å². The predicted molar refractivity (Wildman–Crippen MR) is 113 cm³/mol. The molecule has 0 spiro atoms. The van der Waals surface area contributed by atoms with Crippen molar-refractivity contribution in [1.82, 2.24) is 0 Å². The fraction of sp³-hybridized carbons (Fsp3) is 0.273. The molecule has 0 amide bonds. The number of hydrogen-bond donors (Lipinski definition) is 2. The van der Waals surface area contributed by atoms with Gasteiger partial charge in [0.2, 0.25) is 0 Å². The Labute approximate surface area is 171 Å². The smallest absolute Gasteiger partial charge is 0.474 e. The molecule has 0 saturated heterocycles. The Morgan fingerprint density at radius 3 is 2.31 bits per heavy atom. The second kappa shape index (κ2) is 9.08. The minimum absolute atomic E-state index is 0.0577. The van der Waals surface area contributed by atoms with Gasteiger partial charge < -0.3 is 14.5 Å². The largest absolute Gasteiger partial charge is 0.493 e. The third kappa shape index (κ3) is 5.89. The van der Waals surface area contributed by atoms with Gasteiger partial charge in [0, 0.05) is 17.4 Å². The Bertz CT molecular complexity index is 981. The summed E-state index contributed by atoms with van der Waals surface area (Å²) < 4.78 is 22.4. The predicted octanol–water partition coefficient (Wildman–Crippen LogP) is 4.49. The summed E-state index contributed by atoms with van der Waals surface area (Å²) >= 11 is 0. The summed E-state index contributed by atoms with van der Waals surface area (Å²) in [5.74, 6) is 0.826. The van der Waals surface area contributed by atoms with Gasteiger partial charge in [0.25, 0.3) is 0 Å². The number of fused-ring (bicyclic) bond motifs is 1. The topological polar surface area (TPSA) is 76.0 Å². The van der Waals surface area contributed by atoms with Crippen LogP contribution in [-0.4, -0.2) is 41.7 Å². The van der Waals surface area contributed by atoms with Gasteiger partial charge >= 0.3 is 7.82 Å². The molecule has 0 aromatic heterocycles. The number of quaternary nitrogens is 1. The Hall–Kier alpha value is -2.21. The van der Waals surface area contributed by atoms with Crippen molar-refractivity contribution in [3.63, 3.8) is 0 Å². The van der Waals surface area contributed by atoms with Crippen LogP contribution >= 0.6 is 7.82 Å². The first-order chi connectivity index (χ1) is 13.8. The van der Waals surface area contributed by atoms with Crippen LogP contribution in [0, 0.1) is 0 Å². The van der Waals surface area contributed by atoms with Crippen molar-refractivity contribution in [2.75, 3.05) is 27.4 Å². The van der Waals surface area contributed by atoms with Crippen LogP contribution in [-0.2, 0) is 9.09 Å². The monoisotopic (exact) mass is 416 g/mol. The summed E-state index contributed by atoms with van der Waals surface area (Å²) in [7, 11) is -0.753. The zero-order chi connectivity index (χ0) is 20.9. The van der Waals surface area contributed by atoms with Crippen LogP contribution in [0.4, 0.5) is 0 Å². The van der Waals surface area contributed by atoms with Crippen molar-refractivity contribution < 1.29 is 28.1 Å². The van der Waals surface area contributed by atoms with Crippen molar-refractivity contribution in [2.45, 2.75) is 12.5 Å². The first kappa shape index (κ1) is 21.5. The van der Waals surface area contributed by atoms with Gasteiger partial charge in [0.15, 0.2) is 6.73 Å². The summed E-state index contributed by atoms with van der Waals surface area (Å²) in [5, 5.41) is 2.18. The average molecular weight is 416 g/mol. The van der Waals surface area contributed by atoms with Gasteiger partial charge in [0.1, 0.15) is 11.8 Å². The highest BCUT2D eigenvalue weighted by molar-refractivity contribution is 7.46. The van der Waals surface area contributed by atoms with Crippen molar-refractivity contribution in [3.8, 4) is 5.75 Å². The molecule has 3 aromatic rings. The maximum Gasteiger partial charge on any atom is 0.474 e. The third-order valence-corrected chi connectivity index (χ3v) is 5.44. The molecule has 0 aliphatic carbocycles. The molecule has 6 nitrogen and oxygen atoms in total. The van der Waals surface area contributed by atoms with Gasteiger partial charge in [-0.15, -0.1) is 0 Å². The van der Waals surface area contributed by atoms with Crippen LogP contribution in [0.2, 0.25) is 0 Å². The molecular weight excluding hydrogens is 389 g/mol. The number of phosphoric ester groups is 1. The fourth-order valence-corrected chi connectivity index (χ4v) is 3.96. The van der Waals surface area contributed by atoms with Gasteiger partial charge in [-0.05, 0) is 11.5 Å². The Balaban J connectivity index is 1.76. The van der Waals surface area contributed by atoms with Gasteiger partial charge in [-0.25, -0.2) is 9.09 Å². The molecule has 1 atom stereocenters. The average Bonchev–Trinajstić information content (AvgIpc) is 2.70. The second-order valence-electron chi connectivity index (χ2n) is 7.57. The Morgan fingerprint density at radius 2 is 1.59 bits per heavy atom. The van der Waals surface area contributed by atoms with E-state index >= 15 is 0 Å². The summed E-state index contributed by atoms with van der Waals surface area (Å²) in [6, 6.07) is 23.9. The van der Waals surface area contributed by atoms with Crippen LogP contribution in [0.5, 0.6) is 5.75 Å². The molecule has 3 rings (SSSR count). The maximum absolute atomic E-state index is 11.2. The van der Waals surface area contributed by atoms with E-state index in [1.165, 1.54) is 0 Å². The van der Waals surface area contributed by atoms with Gasteiger partial charge in [0.05, 0.1) is 20.7 Å². The number of phosphoric acid groups is 1. The SMILES string of the molecule is C[N+](C)(COP(=O)(O)O)C(CCOc1cccc2ccccc12)c1ccccc1. The molecule has 2 N–H and O–H groups in total. The summed E-state index contributed by atoms with van der Waals surface area (Å²) in [4.78, 5) is 18.2. The van der Waals surface area contributed by atoms with E-state index in [0.29, 0.717) is 13.0 Å². The lowest BCUT2D eigenvalue weighted by Gasteiger charge is -2.37. The van der Waals surface area contributed by atoms with Crippen LogP contribution in [0.1, 0.15) is 18.0 Å². The highest BCUT2D eigenvalue weighted by atomic mass is 31.2. The summed E-state index contributed by atoms with van der Waals surface area (Å²) in [6.45, 7) is 0.350. The molecule has 3 aromatic carbocycles. The van der Waals surface area contributed by atoms with E-state index in [2.05, 4.69) is 0 Å². The Kier molecular flexibility index (Phi) is 6.73. The lowest BCUT2D eigenvalue weighted by Crippen LogP contribution is -2.45. The lowest BCUT2D eigenvalue weighted by atomic mass is 10.0. The molecular formula is C22H27NO5P+. The van der Waals surface area contributed by atoms with Gasteiger partial charge in [-0.2, -0.15) is 0 Å².